The van der Waals surface area contributed by atoms with Crippen molar-refractivity contribution in [3.05, 3.63) is 0 Å². The molecule has 4 heteroatoms. The highest BCUT2D eigenvalue weighted by molar-refractivity contribution is 5.79. The Balaban J connectivity index is 1.82. The van der Waals surface area contributed by atoms with E-state index < -0.39 is 0 Å². The van der Waals surface area contributed by atoms with Crippen molar-refractivity contribution in [2.45, 2.75) is 38.1 Å². The average molecular weight is 226 g/mol. The zero-order chi connectivity index (χ0) is 11.4. The lowest BCUT2D eigenvalue weighted by atomic mass is 9.95. The molecule has 3 atom stereocenters. The molecule has 1 saturated heterocycles. The first kappa shape index (κ1) is 11.9. The molecular formula is C12H22N2O2. The van der Waals surface area contributed by atoms with Gasteiger partial charge in [-0.15, -0.1) is 0 Å². The number of rotatable bonds is 3. The van der Waals surface area contributed by atoms with E-state index in [-0.39, 0.29) is 17.9 Å². The summed E-state index contributed by atoms with van der Waals surface area (Å²) in [4.78, 5) is 12.1. The first-order valence-electron chi connectivity index (χ1n) is 6.39. The molecule has 0 bridgehead atoms. The fraction of sp³-hybridized carbons (Fsp3) is 0.917. The van der Waals surface area contributed by atoms with Gasteiger partial charge in [0.15, 0.2) is 0 Å². The predicted octanol–water partition coefficient (Wildman–Crippen LogP) is 0.657. The third-order valence-corrected chi connectivity index (χ3v) is 3.81. The lowest BCUT2D eigenvalue weighted by Crippen LogP contribution is -2.44. The maximum atomic E-state index is 12.1. The summed E-state index contributed by atoms with van der Waals surface area (Å²) in [7, 11) is 0. The second-order valence-electron chi connectivity index (χ2n) is 4.96. The largest absolute Gasteiger partial charge is 0.379 e. The summed E-state index contributed by atoms with van der Waals surface area (Å²) in [5.74, 6) is 0.736. The molecule has 4 nitrogen and oxygen atoms in total. The third kappa shape index (κ3) is 2.74. The van der Waals surface area contributed by atoms with Crippen LogP contribution in [0.4, 0.5) is 0 Å². The van der Waals surface area contributed by atoms with E-state index in [1.807, 2.05) is 0 Å². The summed E-state index contributed by atoms with van der Waals surface area (Å²) in [6, 6.07) is 0.222. The van der Waals surface area contributed by atoms with Gasteiger partial charge in [-0.05, 0) is 38.1 Å². The molecule has 92 valence electrons. The third-order valence-electron chi connectivity index (χ3n) is 3.81. The molecule has 2 aliphatic rings. The number of hydrogen-bond acceptors (Lipinski definition) is 3. The van der Waals surface area contributed by atoms with Crippen molar-refractivity contribution < 1.29 is 9.53 Å². The van der Waals surface area contributed by atoms with Crippen LogP contribution in [0, 0.1) is 11.8 Å². The van der Waals surface area contributed by atoms with E-state index >= 15 is 0 Å². The summed E-state index contributed by atoms with van der Waals surface area (Å²) in [6.07, 6.45) is 5.35. The van der Waals surface area contributed by atoms with E-state index in [0.717, 1.165) is 38.7 Å². The molecule has 1 heterocycles. The van der Waals surface area contributed by atoms with Crippen LogP contribution in [0.3, 0.4) is 0 Å². The van der Waals surface area contributed by atoms with Crippen molar-refractivity contribution in [1.82, 2.24) is 5.32 Å². The summed E-state index contributed by atoms with van der Waals surface area (Å²) >= 11 is 0. The van der Waals surface area contributed by atoms with Crippen molar-refractivity contribution in [3.63, 3.8) is 0 Å². The van der Waals surface area contributed by atoms with Crippen LogP contribution in [0.25, 0.3) is 0 Å². The quantitative estimate of drug-likeness (QED) is 0.743. The van der Waals surface area contributed by atoms with Crippen molar-refractivity contribution in [2.24, 2.45) is 17.6 Å². The zero-order valence-corrected chi connectivity index (χ0v) is 9.78. The molecule has 1 aliphatic heterocycles. The van der Waals surface area contributed by atoms with Gasteiger partial charge in [0.25, 0.3) is 0 Å². The molecule has 0 aromatic rings. The van der Waals surface area contributed by atoms with E-state index in [1.54, 1.807) is 0 Å². The first-order valence-corrected chi connectivity index (χ1v) is 6.39. The van der Waals surface area contributed by atoms with Crippen LogP contribution in [0.5, 0.6) is 0 Å². The van der Waals surface area contributed by atoms with Gasteiger partial charge in [-0.1, -0.05) is 6.42 Å². The lowest BCUT2D eigenvalue weighted by molar-refractivity contribution is -0.127. The fourth-order valence-corrected chi connectivity index (χ4v) is 2.83. The van der Waals surface area contributed by atoms with E-state index in [4.69, 9.17) is 10.5 Å². The minimum Gasteiger partial charge on any atom is -0.379 e. The van der Waals surface area contributed by atoms with Gasteiger partial charge in [-0.3, -0.25) is 4.79 Å². The highest BCUT2D eigenvalue weighted by atomic mass is 16.5. The Morgan fingerprint density at radius 1 is 1.31 bits per heavy atom. The Morgan fingerprint density at radius 3 is 2.88 bits per heavy atom. The van der Waals surface area contributed by atoms with Gasteiger partial charge in [-0.25, -0.2) is 0 Å². The van der Waals surface area contributed by atoms with Crippen LogP contribution in [-0.2, 0) is 9.53 Å². The van der Waals surface area contributed by atoms with Crippen molar-refractivity contribution in [2.75, 3.05) is 19.8 Å². The predicted molar refractivity (Wildman–Crippen MR) is 61.9 cm³/mol. The molecule has 2 fully saturated rings. The van der Waals surface area contributed by atoms with Crippen LogP contribution in [0.2, 0.25) is 0 Å². The number of carbonyl (C=O) groups excluding carboxylic acids is 1. The highest BCUT2D eigenvalue weighted by Crippen LogP contribution is 2.31. The molecular weight excluding hydrogens is 204 g/mol. The number of amides is 1. The van der Waals surface area contributed by atoms with Gasteiger partial charge in [-0.2, -0.15) is 0 Å². The number of nitrogens with two attached hydrogens (primary N) is 1. The number of ether oxygens (including phenoxy) is 1. The topological polar surface area (TPSA) is 64.4 Å². The number of hydrogen-bond donors (Lipinski definition) is 2. The van der Waals surface area contributed by atoms with Crippen LogP contribution in [0.15, 0.2) is 0 Å². The smallest absolute Gasteiger partial charge is 0.223 e. The van der Waals surface area contributed by atoms with Crippen molar-refractivity contribution in [3.8, 4) is 0 Å². The molecule has 3 N–H and O–H groups in total. The van der Waals surface area contributed by atoms with Crippen LogP contribution >= 0.6 is 0 Å². The van der Waals surface area contributed by atoms with E-state index in [2.05, 4.69) is 5.32 Å². The maximum absolute atomic E-state index is 12.1. The number of nitrogens with one attached hydrogen (secondary N) is 1. The molecule has 0 spiro atoms. The molecule has 1 aliphatic carbocycles. The van der Waals surface area contributed by atoms with E-state index in [9.17, 15) is 4.79 Å². The molecule has 0 aromatic carbocycles. The molecule has 1 saturated carbocycles. The van der Waals surface area contributed by atoms with Gasteiger partial charge < -0.3 is 15.8 Å². The Labute approximate surface area is 96.9 Å². The minimum atomic E-state index is 0.145. The standard InChI is InChI=1S/C12H22N2O2/c13-7-9-3-1-5-11(9)12(15)14-10-4-2-6-16-8-10/h9-11H,1-8,13H2,(H,14,15). The van der Waals surface area contributed by atoms with Gasteiger partial charge in [0, 0.05) is 12.5 Å². The molecule has 0 aromatic heterocycles. The van der Waals surface area contributed by atoms with Crippen LogP contribution in [0.1, 0.15) is 32.1 Å². The minimum absolute atomic E-state index is 0.145. The Hall–Kier alpha value is -0.610. The summed E-state index contributed by atoms with van der Waals surface area (Å²) < 4.78 is 5.36. The zero-order valence-electron chi connectivity index (χ0n) is 9.78. The van der Waals surface area contributed by atoms with E-state index in [1.165, 1.54) is 0 Å². The molecule has 3 unspecified atom stereocenters. The molecule has 0 radical (unpaired) electrons. The van der Waals surface area contributed by atoms with E-state index in [0.29, 0.717) is 19.1 Å². The maximum Gasteiger partial charge on any atom is 0.223 e. The lowest BCUT2D eigenvalue weighted by Gasteiger charge is -2.26. The van der Waals surface area contributed by atoms with Crippen molar-refractivity contribution in [1.29, 1.82) is 0 Å². The van der Waals surface area contributed by atoms with Gasteiger partial charge >= 0.3 is 0 Å². The summed E-state index contributed by atoms with van der Waals surface area (Å²) in [5, 5.41) is 3.11. The SMILES string of the molecule is NCC1CCCC1C(=O)NC1CCCOC1. The van der Waals surface area contributed by atoms with Gasteiger partial charge in [0.05, 0.1) is 12.6 Å². The summed E-state index contributed by atoms with van der Waals surface area (Å²) in [5.41, 5.74) is 5.69. The molecule has 1 amide bonds. The first-order chi connectivity index (χ1) is 7.81. The second kappa shape index (κ2) is 5.64. The summed E-state index contributed by atoms with van der Waals surface area (Å²) in [6.45, 7) is 2.15. The molecule has 2 rings (SSSR count). The monoisotopic (exact) mass is 226 g/mol. The average Bonchev–Trinajstić information content (AvgIpc) is 2.78. The molecule has 16 heavy (non-hydrogen) atoms. The van der Waals surface area contributed by atoms with Crippen LogP contribution in [-0.4, -0.2) is 31.7 Å². The highest BCUT2D eigenvalue weighted by Gasteiger charge is 2.32. The normalized spacial score (nSPS) is 34.9. The van der Waals surface area contributed by atoms with Gasteiger partial charge in [0.1, 0.15) is 0 Å². The Morgan fingerprint density at radius 2 is 2.19 bits per heavy atom. The number of carbonyl (C=O) groups is 1. The van der Waals surface area contributed by atoms with Gasteiger partial charge in [0.2, 0.25) is 5.91 Å². The second-order valence-corrected chi connectivity index (χ2v) is 4.96. The van der Waals surface area contributed by atoms with Crippen LogP contribution < -0.4 is 11.1 Å². The van der Waals surface area contributed by atoms with Crippen molar-refractivity contribution >= 4 is 5.91 Å². The Kier molecular flexibility index (Phi) is 4.18. The fourth-order valence-electron chi connectivity index (χ4n) is 2.83. The Bertz CT molecular complexity index is 239.